The van der Waals surface area contributed by atoms with E-state index < -0.39 is 0 Å². The molecule has 0 spiro atoms. The van der Waals surface area contributed by atoms with Crippen molar-refractivity contribution in [3.05, 3.63) is 53.7 Å². The Kier molecular flexibility index (Phi) is 3.86. The van der Waals surface area contributed by atoms with Crippen molar-refractivity contribution in [1.82, 2.24) is 4.98 Å². The lowest BCUT2D eigenvalue weighted by molar-refractivity contribution is 0.281. The van der Waals surface area contributed by atoms with E-state index in [9.17, 15) is 0 Å². The number of aromatic nitrogens is 1. The van der Waals surface area contributed by atoms with Crippen LogP contribution in [0.5, 0.6) is 11.6 Å². The molecule has 0 aliphatic rings. The van der Waals surface area contributed by atoms with E-state index in [-0.39, 0.29) is 12.0 Å². The molecule has 19 heavy (non-hydrogen) atoms. The standard InChI is InChI=1S/C16H19NO2/c1-16(2,3)13-7-8-15(17-10-13)19-14-6-4-5-12(9-14)11-18/h4-10,18H,11H2,1-3H3. The second-order valence-corrected chi connectivity index (χ2v) is 5.54. The number of ether oxygens (including phenoxy) is 1. The van der Waals surface area contributed by atoms with Gasteiger partial charge in [0.15, 0.2) is 0 Å². The molecular weight excluding hydrogens is 238 g/mol. The van der Waals surface area contributed by atoms with Gasteiger partial charge in [0.05, 0.1) is 6.61 Å². The van der Waals surface area contributed by atoms with Gasteiger partial charge in [0.25, 0.3) is 0 Å². The van der Waals surface area contributed by atoms with Crippen molar-refractivity contribution in [2.75, 3.05) is 0 Å². The third-order valence-corrected chi connectivity index (χ3v) is 2.91. The Hall–Kier alpha value is -1.87. The van der Waals surface area contributed by atoms with Crippen molar-refractivity contribution in [3.63, 3.8) is 0 Å². The van der Waals surface area contributed by atoms with Crippen LogP contribution in [0.1, 0.15) is 31.9 Å². The van der Waals surface area contributed by atoms with Gasteiger partial charge in [-0.1, -0.05) is 39.0 Å². The monoisotopic (exact) mass is 257 g/mol. The van der Waals surface area contributed by atoms with E-state index in [4.69, 9.17) is 9.84 Å². The van der Waals surface area contributed by atoms with Gasteiger partial charge >= 0.3 is 0 Å². The molecule has 0 radical (unpaired) electrons. The normalized spacial score (nSPS) is 11.4. The number of rotatable bonds is 3. The maximum absolute atomic E-state index is 9.08. The van der Waals surface area contributed by atoms with Crippen molar-refractivity contribution in [2.45, 2.75) is 32.8 Å². The maximum atomic E-state index is 9.08. The second-order valence-electron chi connectivity index (χ2n) is 5.54. The predicted octanol–water partition coefficient (Wildman–Crippen LogP) is 3.66. The Morgan fingerprint density at radius 3 is 2.53 bits per heavy atom. The second kappa shape index (κ2) is 5.41. The molecule has 0 saturated carbocycles. The van der Waals surface area contributed by atoms with E-state index in [1.807, 2.05) is 36.5 Å². The SMILES string of the molecule is CC(C)(C)c1ccc(Oc2cccc(CO)c2)nc1. The minimum Gasteiger partial charge on any atom is -0.439 e. The number of pyridine rings is 1. The molecule has 0 aliphatic carbocycles. The molecule has 3 nitrogen and oxygen atoms in total. The molecule has 0 bridgehead atoms. The van der Waals surface area contributed by atoms with Crippen LogP contribution in [-0.4, -0.2) is 10.1 Å². The van der Waals surface area contributed by atoms with Crippen molar-refractivity contribution in [2.24, 2.45) is 0 Å². The highest BCUT2D eigenvalue weighted by molar-refractivity contribution is 5.32. The molecule has 2 rings (SSSR count). The lowest BCUT2D eigenvalue weighted by Crippen LogP contribution is -2.11. The highest BCUT2D eigenvalue weighted by atomic mass is 16.5. The fraction of sp³-hybridized carbons (Fsp3) is 0.312. The van der Waals surface area contributed by atoms with Gasteiger partial charge in [-0.05, 0) is 28.7 Å². The molecule has 0 atom stereocenters. The maximum Gasteiger partial charge on any atom is 0.219 e. The molecule has 1 aromatic carbocycles. The molecule has 3 heteroatoms. The van der Waals surface area contributed by atoms with Crippen molar-refractivity contribution in [3.8, 4) is 11.6 Å². The predicted molar refractivity (Wildman–Crippen MR) is 75.4 cm³/mol. The van der Waals surface area contributed by atoms with Gasteiger partial charge < -0.3 is 9.84 Å². The number of hydrogen-bond acceptors (Lipinski definition) is 3. The largest absolute Gasteiger partial charge is 0.439 e. The molecule has 1 aromatic heterocycles. The van der Waals surface area contributed by atoms with Gasteiger partial charge in [-0.25, -0.2) is 4.98 Å². The van der Waals surface area contributed by atoms with Crippen LogP contribution in [0.4, 0.5) is 0 Å². The molecule has 100 valence electrons. The number of hydrogen-bond donors (Lipinski definition) is 1. The summed E-state index contributed by atoms with van der Waals surface area (Å²) >= 11 is 0. The van der Waals surface area contributed by atoms with Crippen molar-refractivity contribution in [1.29, 1.82) is 0 Å². The van der Waals surface area contributed by atoms with E-state index in [1.54, 1.807) is 6.07 Å². The van der Waals surface area contributed by atoms with Crippen LogP contribution in [0.3, 0.4) is 0 Å². The summed E-state index contributed by atoms with van der Waals surface area (Å²) in [5, 5.41) is 9.08. The van der Waals surface area contributed by atoms with Gasteiger partial charge in [-0.2, -0.15) is 0 Å². The van der Waals surface area contributed by atoms with E-state index >= 15 is 0 Å². The van der Waals surface area contributed by atoms with E-state index in [1.165, 1.54) is 5.56 Å². The topological polar surface area (TPSA) is 42.4 Å². The first-order valence-corrected chi connectivity index (χ1v) is 6.33. The number of benzene rings is 1. The van der Waals surface area contributed by atoms with Crippen LogP contribution >= 0.6 is 0 Å². The van der Waals surface area contributed by atoms with Crippen LogP contribution in [0.2, 0.25) is 0 Å². The van der Waals surface area contributed by atoms with E-state index in [0.29, 0.717) is 11.6 Å². The van der Waals surface area contributed by atoms with Crippen LogP contribution in [-0.2, 0) is 12.0 Å². The summed E-state index contributed by atoms with van der Waals surface area (Å²) in [5.74, 6) is 1.24. The Morgan fingerprint density at radius 1 is 1.16 bits per heavy atom. The summed E-state index contributed by atoms with van der Waals surface area (Å²) in [7, 11) is 0. The molecule has 0 unspecified atom stereocenters. The summed E-state index contributed by atoms with van der Waals surface area (Å²) in [6.45, 7) is 6.45. The van der Waals surface area contributed by atoms with Gasteiger partial charge in [-0.3, -0.25) is 0 Å². The van der Waals surface area contributed by atoms with Crippen LogP contribution < -0.4 is 4.74 Å². The fourth-order valence-electron chi connectivity index (χ4n) is 1.71. The lowest BCUT2D eigenvalue weighted by Gasteiger charge is -2.18. The molecule has 1 N–H and O–H groups in total. The van der Waals surface area contributed by atoms with Crippen LogP contribution in [0.25, 0.3) is 0 Å². The van der Waals surface area contributed by atoms with Crippen LogP contribution in [0, 0.1) is 0 Å². The zero-order valence-corrected chi connectivity index (χ0v) is 11.6. The first-order chi connectivity index (χ1) is 8.99. The number of aliphatic hydroxyl groups excluding tert-OH is 1. The summed E-state index contributed by atoms with van der Waals surface area (Å²) in [6.07, 6.45) is 1.84. The van der Waals surface area contributed by atoms with Crippen molar-refractivity contribution >= 4 is 0 Å². The minimum atomic E-state index is 0.00753. The Balaban J connectivity index is 2.15. The summed E-state index contributed by atoms with van der Waals surface area (Å²) < 4.78 is 5.67. The molecule has 2 aromatic rings. The van der Waals surface area contributed by atoms with Gasteiger partial charge in [0, 0.05) is 12.3 Å². The summed E-state index contributed by atoms with van der Waals surface area (Å²) in [5.41, 5.74) is 2.08. The van der Waals surface area contributed by atoms with Gasteiger partial charge in [0.2, 0.25) is 5.88 Å². The van der Waals surface area contributed by atoms with Gasteiger partial charge in [0.1, 0.15) is 5.75 Å². The highest BCUT2D eigenvalue weighted by Crippen LogP contribution is 2.25. The molecule has 0 fully saturated rings. The lowest BCUT2D eigenvalue weighted by atomic mass is 9.88. The van der Waals surface area contributed by atoms with E-state index in [0.717, 1.165) is 5.56 Å². The quantitative estimate of drug-likeness (QED) is 0.912. The van der Waals surface area contributed by atoms with E-state index in [2.05, 4.69) is 25.8 Å². The third-order valence-electron chi connectivity index (χ3n) is 2.91. The first kappa shape index (κ1) is 13.6. The third kappa shape index (κ3) is 3.55. The summed E-state index contributed by atoms with van der Waals surface area (Å²) in [6, 6.07) is 11.2. The Bertz CT molecular complexity index is 541. The first-order valence-electron chi connectivity index (χ1n) is 6.33. The number of nitrogens with zero attached hydrogens (tertiary/aromatic N) is 1. The fourth-order valence-corrected chi connectivity index (χ4v) is 1.71. The number of aliphatic hydroxyl groups is 1. The zero-order valence-electron chi connectivity index (χ0n) is 11.6. The molecule has 0 aliphatic heterocycles. The smallest absolute Gasteiger partial charge is 0.219 e. The average molecular weight is 257 g/mol. The average Bonchev–Trinajstić information content (AvgIpc) is 2.38. The molecule has 1 heterocycles. The zero-order chi connectivity index (χ0) is 13.9. The van der Waals surface area contributed by atoms with Gasteiger partial charge in [-0.15, -0.1) is 0 Å². The van der Waals surface area contributed by atoms with Crippen LogP contribution in [0.15, 0.2) is 42.6 Å². The highest BCUT2D eigenvalue weighted by Gasteiger charge is 2.13. The minimum absolute atomic E-state index is 0.00753. The summed E-state index contributed by atoms with van der Waals surface area (Å²) in [4.78, 5) is 4.31. The molecular formula is C16H19NO2. The molecule has 0 saturated heterocycles. The Labute approximate surface area is 113 Å². The molecule has 0 amide bonds. The Morgan fingerprint density at radius 2 is 1.95 bits per heavy atom. The van der Waals surface area contributed by atoms with Crippen molar-refractivity contribution < 1.29 is 9.84 Å².